The lowest BCUT2D eigenvalue weighted by atomic mass is 10.1. The molecule has 2 rings (SSSR count). The van der Waals surface area contributed by atoms with Gasteiger partial charge in [-0.2, -0.15) is 0 Å². The highest BCUT2D eigenvalue weighted by Gasteiger charge is 2.21. The van der Waals surface area contributed by atoms with E-state index in [4.69, 9.17) is 10.5 Å². The summed E-state index contributed by atoms with van der Waals surface area (Å²) < 4.78 is 4.99. The van der Waals surface area contributed by atoms with Crippen molar-refractivity contribution in [3.63, 3.8) is 0 Å². The van der Waals surface area contributed by atoms with Crippen molar-refractivity contribution in [2.45, 2.75) is 20.0 Å². The number of carbonyl (C=O) groups excluding carboxylic acids is 4. The summed E-state index contributed by atoms with van der Waals surface area (Å²) in [5.74, 6) is -2.47. The molecule has 1 aromatic heterocycles. The molecule has 9 heteroatoms. The van der Waals surface area contributed by atoms with E-state index in [1.807, 2.05) is 13.0 Å². The predicted octanol–water partition coefficient (Wildman–Crippen LogP) is 1.46. The Labute approximate surface area is 159 Å². The third-order valence-corrected chi connectivity index (χ3v) is 4.35. The molecule has 0 saturated heterocycles. The molecule has 1 atom stereocenters. The number of esters is 1. The monoisotopic (exact) mass is 389 g/mol. The summed E-state index contributed by atoms with van der Waals surface area (Å²) in [5, 5.41) is 6.81. The van der Waals surface area contributed by atoms with E-state index in [-0.39, 0.29) is 17.1 Å². The Morgan fingerprint density at radius 3 is 2.63 bits per heavy atom. The van der Waals surface area contributed by atoms with Gasteiger partial charge in [0.2, 0.25) is 0 Å². The smallest absolute Gasteiger partial charge is 0.326 e. The van der Waals surface area contributed by atoms with Gasteiger partial charge in [-0.1, -0.05) is 17.7 Å². The molecule has 27 heavy (non-hydrogen) atoms. The first-order valence-corrected chi connectivity index (χ1v) is 8.88. The van der Waals surface area contributed by atoms with Crippen molar-refractivity contribution < 1.29 is 23.9 Å². The van der Waals surface area contributed by atoms with Crippen LogP contribution in [0.25, 0.3) is 0 Å². The summed E-state index contributed by atoms with van der Waals surface area (Å²) in [6.07, 6.45) is -1.11. The first kappa shape index (κ1) is 20.1. The number of benzene rings is 1. The average Bonchev–Trinajstić information content (AvgIpc) is 3.08. The lowest BCUT2D eigenvalue weighted by Gasteiger charge is -2.13. The quantitative estimate of drug-likeness (QED) is 0.618. The Morgan fingerprint density at radius 1 is 1.22 bits per heavy atom. The van der Waals surface area contributed by atoms with Crippen LogP contribution >= 0.6 is 11.3 Å². The number of thiophene rings is 1. The first-order chi connectivity index (χ1) is 12.8. The minimum atomic E-state index is -1.11. The number of rotatable bonds is 7. The largest absolute Gasteiger partial charge is 0.451 e. The summed E-state index contributed by atoms with van der Waals surface area (Å²) >= 11 is 1.13. The Balaban J connectivity index is 1.84. The number of ether oxygens (including phenoxy) is 1. The molecule has 4 N–H and O–H groups in total. The molecule has 0 fully saturated rings. The Hall–Kier alpha value is -3.20. The topological polar surface area (TPSA) is 128 Å². The van der Waals surface area contributed by atoms with Gasteiger partial charge in [0.15, 0.2) is 6.10 Å². The summed E-state index contributed by atoms with van der Waals surface area (Å²) in [5.41, 5.74) is 6.72. The SMILES string of the molecule is Cc1cccc(C(=O)NCC(=O)OC(C)C(=O)Nc2sccc2C(N)=O)c1. The van der Waals surface area contributed by atoms with E-state index in [0.29, 0.717) is 5.56 Å². The molecule has 1 unspecified atom stereocenters. The fraction of sp³-hybridized carbons (Fsp3) is 0.222. The number of primary amides is 1. The van der Waals surface area contributed by atoms with Gasteiger partial charge in [-0.05, 0) is 37.4 Å². The van der Waals surface area contributed by atoms with E-state index in [1.165, 1.54) is 13.0 Å². The normalized spacial score (nSPS) is 11.3. The molecule has 0 bridgehead atoms. The standard InChI is InChI=1S/C18H19N3O5S/c1-10-4-3-5-12(8-10)17(25)20-9-14(22)26-11(2)16(24)21-18-13(15(19)23)6-7-27-18/h3-8,11H,9H2,1-2H3,(H2,19,23)(H,20,25)(H,21,24). The van der Waals surface area contributed by atoms with Crippen LogP contribution < -0.4 is 16.4 Å². The zero-order chi connectivity index (χ0) is 20.0. The minimum Gasteiger partial charge on any atom is -0.451 e. The van der Waals surface area contributed by atoms with Crippen molar-refractivity contribution in [2.75, 3.05) is 11.9 Å². The molecular formula is C18H19N3O5S. The van der Waals surface area contributed by atoms with Crippen molar-refractivity contribution in [3.8, 4) is 0 Å². The maximum Gasteiger partial charge on any atom is 0.326 e. The van der Waals surface area contributed by atoms with Gasteiger partial charge in [-0.25, -0.2) is 0 Å². The zero-order valence-electron chi connectivity index (χ0n) is 14.8. The van der Waals surface area contributed by atoms with Crippen molar-refractivity contribution in [2.24, 2.45) is 5.73 Å². The van der Waals surface area contributed by atoms with Crippen LogP contribution in [0.1, 0.15) is 33.2 Å². The predicted molar refractivity (Wildman–Crippen MR) is 101 cm³/mol. The summed E-state index contributed by atoms with van der Waals surface area (Å²) in [4.78, 5) is 47.2. The molecule has 0 aliphatic heterocycles. The van der Waals surface area contributed by atoms with Crippen molar-refractivity contribution in [1.29, 1.82) is 0 Å². The second kappa shape index (κ2) is 8.95. The molecule has 0 saturated carbocycles. The number of hydrogen-bond acceptors (Lipinski definition) is 6. The highest BCUT2D eigenvalue weighted by molar-refractivity contribution is 7.14. The first-order valence-electron chi connectivity index (χ1n) is 8.00. The maximum atomic E-state index is 12.1. The summed E-state index contributed by atoms with van der Waals surface area (Å²) in [6, 6.07) is 8.39. The molecule has 2 aromatic rings. The van der Waals surface area contributed by atoms with Gasteiger partial charge in [-0.15, -0.1) is 11.3 Å². The Morgan fingerprint density at radius 2 is 1.96 bits per heavy atom. The highest BCUT2D eigenvalue weighted by atomic mass is 32.1. The van der Waals surface area contributed by atoms with Gasteiger partial charge in [0.25, 0.3) is 17.7 Å². The molecule has 0 radical (unpaired) electrons. The summed E-state index contributed by atoms with van der Waals surface area (Å²) in [7, 11) is 0. The Bertz CT molecular complexity index is 877. The fourth-order valence-corrected chi connectivity index (χ4v) is 2.94. The molecule has 0 aliphatic carbocycles. The number of hydrogen-bond donors (Lipinski definition) is 3. The second-order valence-electron chi connectivity index (χ2n) is 5.70. The molecular weight excluding hydrogens is 370 g/mol. The van der Waals surface area contributed by atoms with E-state index < -0.39 is 29.8 Å². The van der Waals surface area contributed by atoms with E-state index in [2.05, 4.69) is 10.6 Å². The third-order valence-electron chi connectivity index (χ3n) is 3.52. The van der Waals surface area contributed by atoms with Crippen molar-refractivity contribution in [3.05, 3.63) is 52.4 Å². The molecule has 0 aliphatic rings. The number of nitrogens with one attached hydrogen (secondary N) is 2. The van der Waals surface area contributed by atoms with E-state index in [1.54, 1.807) is 23.6 Å². The molecule has 1 heterocycles. The van der Waals surface area contributed by atoms with Crippen LogP contribution in [0, 0.1) is 6.92 Å². The number of amides is 3. The van der Waals surface area contributed by atoms with E-state index in [9.17, 15) is 19.2 Å². The molecule has 142 valence electrons. The lowest BCUT2D eigenvalue weighted by molar-refractivity contribution is -0.152. The lowest BCUT2D eigenvalue weighted by Crippen LogP contribution is -2.36. The molecule has 1 aromatic carbocycles. The van der Waals surface area contributed by atoms with Gasteiger partial charge >= 0.3 is 5.97 Å². The number of carbonyl (C=O) groups is 4. The van der Waals surface area contributed by atoms with Gasteiger partial charge in [0.1, 0.15) is 11.5 Å². The number of aryl methyl sites for hydroxylation is 1. The minimum absolute atomic E-state index is 0.178. The molecule has 3 amide bonds. The van der Waals surface area contributed by atoms with Crippen LogP contribution in [0.5, 0.6) is 0 Å². The highest BCUT2D eigenvalue weighted by Crippen LogP contribution is 2.22. The number of anilines is 1. The van der Waals surface area contributed by atoms with Crippen LogP contribution in [-0.4, -0.2) is 36.3 Å². The number of nitrogens with two attached hydrogens (primary N) is 1. The van der Waals surface area contributed by atoms with Gasteiger partial charge < -0.3 is 21.1 Å². The Kier molecular flexibility index (Phi) is 6.67. The summed E-state index contributed by atoms with van der Waals surface area (Å²) in [6.45, 7) is 2.85. The van der Waals surface area contributed by atoms with Crippen LogP contribution in [0.4, 0.5) is 5.00 Å². The van der Waals surface area contributed by atoms with Crippen LogP contribution in [-0.2, 0) is 14.3 Å². The van der Waals surface area contributed by atoms with Gasteiger partial charge in [0.05, 0.1) is 5.56 Å². The second-order valence-corrected chi connectivity index (χ2v) is 6.62. The van der Waals surface area contributed by atoms with E-state index >= 15 is 0 Å². The van der Waals surface area contributed by atoms with Crippen LogP contribution in [0.15, 0.2) is 35.7 Å². The third kappa shape index (κ3) is 5.65. The van der Waals surface area contributed by atoms with E-state index in [0.717, 1.165) is 16.9 Å². The molecule has 0 spiro atoms. The average molecular weight is 389 g/mol. The zero-order valence-corrected chi connectivity index (χ0v) is 15.6. The van der Waals surface area contributed by atoms with Crippen molar-refractivity contribution in [1.82, 2.24) is 5.32 Å². The van der Waals surface area contributed by atoms with Crippen LogP contribution in [0.2, 0.25) is 0 Å². The van der Waals surface area contributed by atoms with Crippen molar-refractivity contribution >= 4 is 40.0 Å². The molecule has 8 nitrogen and oxygen atoms in total. The fourth-order valence-electron chi connectivity index (χ4n) is 2.15. The van der Waals surface area contributed by atoms with Gasteiger partial charge in [-0.3, -0.25) is 19.2 Å². The maximum absolute atomic E-state index is 12.1. The van der Waals surface area contributed by atoms with Crippen LogP contribution in [0.3, 0.4) is 0 Å². The van der Waals surface area contributed by atoms with Gasteiger partial charge in [0, 0.05) is 5.56 Å².